The Morgan fingerprint density at radius 1 is 1.26 bits per heavy atom. The third kappa shape index (κ3) is 5.12. The number of hydrogen-bond acceptors (Lipinski definition) is 5. The highest BCUT2D eigenvalue weighted by Crippen LogP contribution is 2.17. The lowest BCUT2D eigenvalue weighted by atomic mass is 10.0. The zero-order chi connectivity index (χ0) is 18.9. The number of carbonyl (C=O) groups excluding carboxylic acids is 1. The standard InChI is InChI=1S/C19H19N7O/c20-9-4-7-17(16-5-2-1-3-6-16)25-19(27)23-12-15-8-10-22-18(11-15)26-14-21-13-24-26/h1-3,5-6,8,10-11,13-14,17H,4,7,12H2,(H2,23,25,27). The van der Waals surface area contributed by atoms with E-state index in [1.54, 1.807) is 17.2 Å². The monoisotopic (exact) mass is 361 g/mol. The van der Waals surface area contributed by atoms with Crippen LogP contribution in [0.3, 0.4) is 0 Å². The van der Waals surface area contributed by atoms with Crippen LogP contribution in [0.5, 0.6) is 0 Å². The molecule has 1 atom stereocenters. The van der Waals surface area contributed by atoms with Gasteiger partial charge in [0.15, 0.2) is 5.82 Å². The van der Waals surface area contributed by atoms with Gasteiger partial charge in [0.05, 0.1) is 12.1 Å². The van der Waals surface area contributed by atoms with Gasteiger partial charge >= 0.3 is 6.03 Å². The predicted molar refractivity (Wildman–Crippen MR) is 98.6 cm³/mol. The van der Waals surface area contributed by atoms with Gasteiger partial charge in [0.1, 0.15) is 12.7 Å². The molecule has 8 heteroatoms. The maximum absolute atomic E-state index is 12.3. The van der Waals surface area contributed by atoms with Crippen LogP contribution in [-0.4, -0.2) is 25.8 Å². The molecule has 136 valence electrons. The van der Waals surface area contributed by atoms with Gasteiger partial charge in [-0.15, -0.1) is 0 Å². The normalized spacial score (nSPS) is 11.4. The molecule has 2 heterocycles. The van der Waals surface area contributed by atoms with Gasteiger partial charge in [-0.05, 0) is 29.7 Å². The molecule has 0 aliphatic heterocycles. The molecule has 2 N–H and O–H groups in total. The molecule has 27 heavy (non-hydrogen) atoms. The van der Waals surface area contributed by atoms with E-state index in [-0.39, 0.29) is 12.1 Å². The smallest absolute Gasteiger partial charge is 0.315 e. The summed E-state index contributed by atoms with van der Waals surface area (Å²) in [5.41, 5.74) is 1.86. The Bertz CT molecular complexity index is 903. The number of benzene rings is 1. The van der Waals surface area contributed by atoms with E-state index >= 15 is 0 Å². The van der Waals surface area contributed by atoms with Crippen molar-refractivity contribution >= 4 is 6.03 Å². The lowest BCUT2D eigenvalue weighted by Gasteiger charge is -2.18. The summed E-state index contributed by atoms with van der Waals surface area (Å²) in [5.74, 6) is 0.628. The van der Waals surface area contributed by atoms with Crippen LogP contribution in [-0.2, 0) is 6.54 Å². The van der Waals surface area contributed by atoms with Gasteiger partial charge < -0.3 is 10.6 Å². The molecule has 2 amide bonds. The van der Waals surface area contributed by atoms with E-state index in [2.05, 4.69) is 31.8 Å². The zero-order valence-electron chi connectivity index (χ0n) is 14.6. The van der Waals surface area contributed by atoms with E-state index in [0.717, 1.165) is 11.1 Å². The zero-order valence-corrected chi connectivity index (χ0v) is 14.6. The van der Waals surface area contributed by atoms with Gasteiger partial charge in [-0.3, -0.25) is 0 Å². The van der Waals surface area contributed by atoms with Gasteiger partial charge in [0.2, 0.25) is 0 Å². The van der Waals surface area contributed by atoms with Crippen molar-refractivity contribution in [3.05, 3.63) is 72.4 Å². The summed E-state index contributed by atoms with van der Waals surface area (Å²) in [7, 11) is 0. The molecule has 2 aromatic heterocycles. The molecule has 1 aromatic carbocycles. The molecule has 3 aromatic rings. The lowest BCUT2D eigenvalue weighted by Crippen LogP contribution is -2.37. The minimum atomic E-state index is -0.291. The van der Waals surface area contributed by atoms with Gasteiger partial charge in [0.25, 0.3) is 0 Å². The Hall–Kier alpha value is -3.73. The van der Waals surface area contributed by atoms with E-state index in [1.807, 2.05) is 42.5 Å². The fraction of sp³-hybridized carbons (Fsp3) is 0.211. The van der Waals surface area contributed by atoms with Crippen LogP contribution in [0.4, 0.5) is 4.79 Å². The average molecular weight is 361 g/mol. The minimum absolute atomic E-state index is 0.214. The van der Waals surface area contributed by atoms with Gasteiger partial charge in [-0.25, -0.2) is 19.4 Å². The number of hydrogen-bond donors (Lipinski definition) is 2. The highest BCUT2D eigenvalue weighted by Gasteiger charge is 2.14. The molecule has 0 radical (unpaired) electrons. The van der Waals surface area contributed by atoms with Crippen molar-refractivity contribution in [3.8, 4) is 11.9 Å². The first kappa shape index (κ1) is 18.1. The molecule has 1 unspecified atom stereocenters. The number of nitrogens with one attached hydrogen (secondary N) is 2. The van der Waals surface area contributed by atoms with Crippen LogP contribution >= 0.6 is 0 Å². The topological polar surface area (TPSA) is 109 Å². The highest BCUT2D eigenvalue weighted by atomic mass is 16.2. The Labute approximate surface area is 156 Å². The second-order valence-corrected chi connectivity index (χ2v) is 5.85. The van der Waals surface area contributed by atoms with Crippen LogP contribution in [0.25, 0.3) is 5.82 Å². The quantitative estimate of drug-likeness (QED) is 0.672. The molecule has 3 rings (SSSR count). The fourth-order valence-electron chi connectivity index (χ4n) is 2.63. The number of pyridine rings is 1. The summed E-state index contributed by atoms with van der Waals surface area (Å²) in [6.07, 6.45) is 5.58. The number of nitrogens with zero attached hydrogens (tertiary/aromatic N) is 5. The first-order chi connectivity index (χ1) is 13.3. The van der Waals surface area contributed by atoms with Crippen molar-refractivity contribution in [2.45, 2.75) is 25.4 Å². The Morgan fingerprint density at radius 3 is 2.85 bits per heavy atom. The van der Waals surface area contributed by atoms with E-state index in [4.69, 9.17) is 5.26 Å². The predicted octanol–water partition coefficient (Wildman–Crippen LogP) is 2.51. The Kier molecular flexibility index (Phi) is 6.09. The summed E-state index contributed by atoms with van der Waals surface area (Å²) in [6.45, 7) is 0.343. The number of aromatic nitrogens is 4. The lowest BCUT2D eigenvalue weighted by molar-refractivity contribution is 0.236. The van der Waals surface area contributed by atoms with Crippen LogP contribution in [0.2, 0.25) is 0 Å². The number of carbonyl (C=O) groups is 1. The van der Waals surface area contributed by atoms with Crippen molar-refractivity contribution in [1.29, 1.82) is 5.26 Å². The molecule has 0 fully saturated rings. The number of rotatable bonds is 7. The highest BCUT2D eigenvalue weighted by molar-refractivity contribution is 5.74. The molecule has 0 saturated heterocycles. The summed E-state index contributed by atoms with van der Waals surface area (Å²) in [5, 5.41) is 18.7. The van der Waals surface area contributed by atoms with Crippen molar-refractivity contribution in [2.75, 3.05) is 0 Å². The first-order valence-electron chi connectivity index (χ1n) is 8.52. The van der Waals surface area contributed by atoms with Crippen molar-refractivity contribution in [2.24, 2.45) is 0 Å². The molecule has 0 aliphatic carbocycles. The largest absolute Gasteiger partial charge is 0.334 e. The maximum Gasteiger partial charge on any atom is 0.315 e. The van der Waals surface area contributed by atoms with Gasteiger partial charge in [-0.2, -0.15) is 10.4 Å². The molecule has 8 nitrogen and oxygen atoms in total. The molecule has 0 saturated carbocycles. The molecule has 0 spiro atoms. The molecule has 0 bridgehead atoms. The number of nitriles is 1. The SMILES string of the molecule is N#CCCC(NC(=O)NCc1ccnc(-n2cncn2)c1)c1ccccc1. The minimum Gasteiger partial charge on any atom is -0.334 e. The van der Waals surface area contributed by atoms with Crippen LogP contribution in [0, 0.1) is 11.3 Å². The van der Waals surface area contributed by atoms with Crippen molar-refractivity contribution in [3.63, 3.8) is 0 Å². The van der Waals surface area contributed by atoms with E-state index in [1.165, 1.54) is 6.33 Å². The van der Waals surface area contributed by atoms with Gasteiger partial charge in [-0.1, -0.05) is 30.3 Å². The van der Waals surface area contributed by atoms with Crippen LogP contribution in [0.1, 0.15) is 30.0 Å². The second kappa shape index (κ2) is 9.10. The third-order valence-electron chi connectivity index (χ3n) is 3.97. The molecular weight excluding hydrogens is 342 g/mol. The maximum atomic E-state index is 12.3. The summed E-state index contributed by atoms with van der Waals surface area (Å²) in [4.78, 5) is 20.5. The summed E-state index contributed by atoms with van der Waals surface area (Å²) < 4.78 is 1.55. The van der Waals surface area contributed by atoms with E-state index in [0.29, 0.717) is 25.2 Å². The molecular formula is C19H19N7O. The van der Waals surface area contributed by atoms with Crippen LogP contribution < -0.4 is 10.6 Å². The van der Waals surface area contributed by atoms with E-state index in [9.17, 15) is 4.79 Å². The first-order valence-corrected chi connectivity index (χ1v) is 8.52. The summed E-state index contributed by atoms with van der Waals surface area (Å²) >= 11 is 0. The Morgan fingerprint density at radius 2 is 2.11 bits per heavy atom. The summed E-state index contributed by atoms with van der Waals surface area (Å²) in [6, 6.07) is 14.9. The second-order valence-electron chi connectivity index (χ2n) is 5.85. The number of urea groups is 1. The van der Waals surface area contributed by atoms with Crippen LogP contribution in [0.15, 0.2) is 61.3 Å². The van der Waals surface area contributed by atoms with E-state index < -0.39 is 0 Å². The Balaban J connectivity index is 1.60. The fourth-order valence-corrected chi connectivity index (χ4v) is 2.63. The third-order valence-corrected chi connectivity index (χ3v) is 3.97. The van der Waals surface area contributed by atoms with Crippen molar-refractivity contribution in [1.82, 2.24) is 30.4 Å². The van der Waals surface area contributed by atoms with Gasteiger partial charge in [0, 0.05) is 19.2 Å². The molecule has 0 aliphatic rings. The average Bonchev–Trinajstić information content (AvgIpc) is 3.25. The van der Waals surface area contributed by atoms with Crippen molar-refractivity contribution < 1.29 is 4.79 Å². The number of amides is 2.